The fourth-order valence-corrected chi connectivity index (χ4v) is 3.50. The smallest absolute Gasteiger partial charge is 0.330 e. The highest BCUT2D eigenvalue weighted by molar-refractivity contribution is 9.10. The molecule has 1 aliphatic rings. The number of amides is 1. The van der Waals surface area contributed by atoms with Crippen molar-refractivity contribution < 1.29 is 19.4 Å². The third-order valence-electron chi connectivity index (χ3n) is 4.90. The van der Waals surface area contributed by atoms with E-state index < -0.39 is 16.9 Å². The van der Waals surface area contributed by atoms with Gasteiger partial charge in [-0.2, -0.15) is 0 Å². The van der Waals surface area contributed by atoms with Gasteiger partial charge in [0.1, 0.15) is 5.54 Å². The van der Waals surface area contributed by atoms with Crippen LogP contribution >= 0.6 is 15.9 Å². The molecule has 0 aromatic heterocycles. The Hall–Kier alpha value is -1.40. The summed E-state index contributed by atoms with van der Waals surface area (Å²) in [5.74, 6) is -1.41. The monoisotopic (exact) mass is 383 g/mol. The first-order chi connectivity index (χ1) is 10.7. The molecule has 1 aromatic carbocycles. The molecule has 2 rings (SSSR count). The van der Waals surface area contributed by atoms with Crippen molar-refractivity contribution in [3.63, 3.8) is 0 Å². The van der Waals surface area contributed by atoms with Crippen LogP contribution in [0.2, 0.25) is 0 Å². The minimum Gasteiger partial charge on any atom is -0.479 e. The molecule has 0 heterocycles. The van der Waals surface area contributed by atoms with Gasteiger partial charge in [-0.1, -0.05) is 35.8 Å². The van der Waals surface area contributed by atoms with Crippen LogP contribution in [-0.4, -0.2) is 35.2 Å². The van der Waals surface area contributed by atoms with Gasteiger partial charge >= 0.3 is 5.97 Å². The quantitative estimate of drug-likeness (QED) is 0.818. The molecule has 2 unspecified atom stereocenters. The summed E-state index contributed by atoms with van der Waals surface area (Å²) < 4.78 is 6.38. The largest absolute Gasteiger partial charge is 0.479 e. The number of benzene rings is 1. The average Bonchev–Trinajstić information content (AvgIpc) is 2.47. The number of aliphatic carboxylic acids is 1. The molecule has 0 saturated heterocycles. The van der Waals surface area contributed by atoms with E-state index in [1.165, 1.54) is 0 Å². The maximum Gasteiger partial charge on any atom is 0.330 e. The lowest BCUT2D eigenvalue weighted by Crippen LogP contribution is -2.76. The second-order valence-electron chi connectivity index (χ2n) is 6.49. The zero-order chi connectivity index (χ0) is 17.4. The standard InChI is InChI=1S/C17H22BrNO4/c1-5-23-13-9-17(15(21)22,16(13,3)4)19-14(20)12-8-11(18)7-6-10(12)2/h6-8,13H,5,9H2,1-4H3,(H,19,20)(H,21,22). The highest BCUT2D eigenvalue weighted by Crippen LogP contribution is 2.51. The maximum absolute atomic E-state index is 12.6. The minimum absolute atomic E-state index is 0.187. The Kier molecular flexibility index (Phi) is 4.87. The SMILES string of the molecule is CCOC1CC(NC(=O)c2cc(Br)ccc2C)(C(=O)O)C1(C)C. The first kappa shape index (κ1) is 17.9. The molecule has 1 aliphatic carbocycles. The van der Waals surface area contributed by atoms with Crippen molar-refractivity contribution in [2.45, 2.75) is 45.8 Å². The van der Waals surface area contributed by atoms with E-state index in [-0.39, 0.29) is 18.4 Å². The third kappa shape index (κ3) is 2.90. The average molecular weight is 384 g/mol. The minimum atomic E-state index is -1.32. The maximum atomic E-state index is 12.6. The van der Waals surface area contributed by atoms with Gasteiger partial charge in [-0.05, 0) is 31.5 Å². The Morgan fingerprint density at radius 3 is 2.61 bits per heavy atom. The van der Waals surface area contributed by atoms with Gasteiger partial charge in [0, 0.05) is 28.5 Å². The Morgan fingerprint density at radius 2 is 2.09 bits per heavy atom. The second-order valence-corrected chi connectivity index (χ2v) is 7.41. The van der Waals surface area contributed by atoms with Crippen LogP contribution in [0.15, 0.2) is 22.7 Å². The normalized spacial score (nSPS) is 25.5. The van der Waals surface area contributed by atoms with Crippen LogP contribution in [0.4, 0.5) is 0 Å². The number of carbonyl (C=O) groups excluding carboxylic acids is 1. The van der Waals surface area contributed by atoms with Crippen molar-refractivity contribution in [1.29, 1.82) is 0 Å². The Labute approximate surface area is 144 Å². The van der Waals surface area contributed by atoms with E-state index in [0.29, 0.717) is 12.2 Å². The van der Waals surface area contributed by atoms with Crippen molar-refractivity contribution >= 4 is 27.8 Å². The summed E-state index contributed by atoms with van der Waals surface area (Å²) in [6, 6.07) is 5.37. The molecule has 6 heteroatoms. The van der Waals surface area contributed by atoms with Crippen molar-refractivity contribution in [1.82, 2.24) is 5.32 Å². The van der Waals surface area contributed by atoms with Crippen LogP contribution in [0.5, 0.6) is 0 Å². The Balaban J connectivity index is 2.30. The van der Waals surface area contributed by atoms with Gasteiger partial charge in [0.05, 0.1) is 6.10 Å². The van der Waals surface area contributed by atoms with E-state index in [1.54, 1.807) is 6.07 Å². The Morgan fingerprint density at radius 1 is 1.43 bits per heavy atom. The molecule has 2 atom stereocenters. The summed E-state index contributed by atoms with van der Waals surface area (Å²) in [4.78, 5) is 24.6. The number of hydrogen-bond donors (Lipinski definition) is 2. The number of carboxylic acids is 1. The second kappa shape index (κ2) is 6.24. The first-order valence-electron chi connectivity index (χ1n) is 7.59. The predicted octanol–water partition coefficient (Wildman–Crippen LogP) is 3.15. The number of nitrogens with one attached hydrogen (secondary N) is 1. The summed E-state index contributed by atoms with van der Waals surface area (Å²) in [7, 11) is 0. The Bertz CT molecular complexity index is 643. The predicted molar refractivity (Wildman–Crippen MR) is 90.5 cm³/mol. The molecule has 1 saturated carbocycles. The van der Waals surface area contributed by atoms with Crippen molar-refractivity contribution in [2.24, 2.45) is 5.41 Å². The van der Waals surface area contributed by atoms with Crippen LogP contribution in [-0.2, 0) is 9.53 Å². The topological polar surface area (TPSA) is 75.6 Å². The van der Waals surface area contributed by atoms with Crippen LogP contribution in [0.1, 0.15) is 43.1 Å². The van der Waals surface area contributed by atoms with Gasteiger partial charge in [-0.3, -0.25) is 4.79 Å². The molecule has 126 valence electrons. The zero-order valence-corrected chi connectivity index (χ0v) is 15.4. The molecule has 1 fully saturated rings. The summed E-state index contributed by atoms with van der Waals surface area (Å²) >= 11 is 3.34. The lowest BCUT2D eigenvalue weighted by Gasteiger charge is -2.58. The number of carboxylic acid groups (broad SMARTS) is 1. The first-order valence-corrected chi connectivity index (χ1v) is 8.38. The molecular weight excluding hydrogens is 362 g/mol. The lowest BCUT2D eigenvalue weighted by atomic mass is 9.54. The van der Waals surface area contributed by atoms with Gasteiger partial charge in [-0.15, -0.1) is 0 Å². The summed E-state index contributed by atoms with van der Waals surface area (Å²) in [5.41, 5.74) is -0.747. The van der Waals surface area contributed by atoms with Crippen LogP contribution in [0, 0.1) is 12.3 Å². The zero-order valence-electron chi connectivity index (χ0n) is 13.8. The molecule has 0 radical (unpaired) electrons. The van der Waals surface area contributed by atoms with Gasteiger partial charge in [0.25, 0.3) is 5.91 Å². The number of rotatable bonds is 5. The van der Waals surface area contributed by atoms with E-state index >= 15 is 0 Å². The van der Waals surface area contributed by atoms with Gasteiger partial charge < -0.3 is 15.2 Å². The van der Waals surface area contributed by atoms with Crippen molar-refractivity contribution in [3.8, 4) is 0 Å². The van der Waals surface area contributed by atoms with Crippen LogP contribution in [0.3, 0.4) is 0 Å². The van der Waals surface area contributed by atoms with E-state index in [2.05, 4.69) is 21.2 Å². The van der Waals surface area contributed by atoms with E-state index in [0.717, 1.165) is 10.0 Å². The molecule has 0 aliphatic heterocycles. The molecule has 1 aromatic rings. The molecule has 1 amide bonds. The number of ether oxygens (including phenoxy) is 1. The van der Waals surface area contributed by atoms with Crippen LogP contribution < -0.4 is 5.32 Å². The highest BCUT2D eigenvalue weighted by atomic mass is 79.9. The number of aryl methyl sites for hydroxylation is 1. The van der Waals surface area contributed by atoms with Gasteiger partial charge in [-0.25, -0.2) is 4.79 Å². The molecule has 2 N–H and O–H groups in total. The molecule has 5 nitrogen and oxygen atoms in total. The fourth-order valence-electron chi connectivity index (χ4n) is 3.14. The van der Waals surface area contributed by atoms with E-state index in [1.807, 2.05) is 39.8 Å². The number of hydrogen-bond acceptors (Lipinski definition) is 3. The number of halogens is 1. The summed E-state index contributed by atoms with van der Waals surface area (Å²) in [6.07, 6.45) is 0.0783. The van der Waals surface area contributed by atoms with Crippen molar-refractivity contribution in [3.05, 3.63) is 33.8 Å². The lowest BCUT2D eigenvalue weighted by molar-refractivity contribution is -0.190. The molecular formula is C17H22BrNO4. The third-order valence-corrected chi connectivity index (χ3v) is 5.39. The molecule has 23 heavy (non-hydrogen) atoms. The fraction of sp³-hybridized carbons (Fsp3) is 0.529. The van der Waals surface area contributed by atoms with Gasteiger partial charge in [0.2, 0.25) is 0 Å². The van der Waals surface area contributed by atoms with Crippen molar-refractivity contribution in [2.75, 3.05) is 6.61 Å². The summed E-state index contributed by atoms with van der Waals surface area (Å²) in [5, 5.41) is 12.5. The van der Waals surface area contributed by atoms with Gasteiger partial charge in [0.15, 0.2) is 0 Å². The van der Waals surface area contributed by atoms with E-state index in [4.69, 9.17) is 4.74 Å². The molecule has 0 bridgehead atoms. The summed E-state index contributed by atoms with van der Waals surface area (Å²) in [6.45, 7) is 7.85. The van der Waals surface area contributed by atoms with E-state index in [9.17, 15) is 14.7 Å². The van der Waals surface area contributed by atoms with Crippen LogP contribution in [0.25, 0.3) is 0 Å². The highest BCUT2D eigenvalue weighted by Gasteiger charge is 2.66. The molecule has 0 spiro atoms. The number of carbonyl (C=O) groups is 2.